The van der Waals surface area contributed by atoms with Crippen LogP contribution in [0.4, 0.5) is 4.39 Å². The quantitative estimate of drug-likeness (QED) is 0.419. The molecule has 0 aromatic heterocycles. The molecule has 0 bridgehead atoms. The van der Waals surface area contributed by atoms with Crippen LogP contribution in [0.2, 0.25) is 0 Å². The summed E-state index contributed by atoms with van der Waals surface area (Å²) in [6.45, 7) is 5.51. The van der Waals surface area contributed by atoms with Crippen molar-refractivity contribution in [3.05, 3.63) is 59.4 Å². The van der Waals surface area contributed by atoms with Gasteiger partial charge in [0.15, 0.2) is 12.4 Å². The van der Waals surface area contributed by atoms with E-state index in [0.717, 1.165) is 18.2 Å². The lowest BCUT2D eigenvalue weighted by Gasteiger charge is -2.18. The van der Waals surface area contributed by atoms with Gasteiger partial charge in [0, 0.05) is 18.7 Å². The Balaban J connectivity index is 2.14. The third kappa shape index (κ3) is 5.43. The Hall–Kier alpha value is -2.78. The maximum atomic E-state index is 14.1. The van der Waals surface area contributed by atoms with Gasteiger partial charge in [-0.15, -0.1) is 0 Å². The third-order valence-corrected chi connectivity index (χ3v) is 6.37. The van der Waals surface area contributed by atoms with Gasteiger partial charge in [-0.3, -0.25) is 4.79 Å². The lowest BCUT2D eigenvalue weighted by atomic mass is 10.1. The molecule has 0 spiro atoms. The van der Waals surface area contributed by atoms with Crippen molar-refractivity contribution in [2.45, 2.75) is 25.7 Å². The molecular formula is C21H24FNO6S. The number of hydrogen-bond donors (Lipinski definition) is 0. The number of carbonyl (C=O) groups is 2. The Bertz CT molecular complexity index is 1000. The Kier molecular flexibility index (Phi) is 8.08. The summed E-state index contributed by atoms with van der Waals surface area (Å²) in [5.41, 5.74) is -0.257. The Morgan fingerprint density at radius 1 is 1.00 bits per heavy atom. The molecule has 9 heteroatoms. The fourth-order valence-corrected chi connectivity index (χ4v) is 4.21. The van der Waals surface area contributed by atoms with Crippen molar-refractivity contribution in [2.24, 2.45) is 0 Å². The van der Waals surface area contributed by atoms with Crippen LogP contribution in [0.15, 0.2) is 47.4 Å². The molecule has 0 radical (unpaired) electrons. The van der Waals surface area contributed by atoms with E-state index in [1.165, 1.54) is 16.4 Å². The van der Waals surface area contributed by atoms with Gasteiger partial charge in [-0.2, -0.15) is 4.31 Å². The molecule has 0 unspecified atom stereocenters. The van der Waals surface area contributed by atoms with E-state index in [4.69, 9.17) is 9.47 Å². The van der Waals surface area contributed by atoms with Gasteiger partial charge in [0.1, 0.15) is 11.6 Å². The first-order valence-electron chi connectivity index (χ1n) is 9.47. The molecule has 0 aliphatic rings. The molecule has 0 aliphatic carbocycles. The van der Waals surface area contributed by atoms with Gasteiger partial charge in [-0.05, 0) is 49.4 Å². The van der Waals surface area contributed by atoms with Crippen LogP contribution < -0.4 is 4.74 Å². The topological polar surface area (TPSA) is 90.0 Å². The van der Waals surface area contributed by atoms with Crippen molar-refractivity contribution in [2.75, 3.05) is 26.3 Å². The van der Waals surface area contributed by atoms with Gasteiger partial charge in [0.25, 0.3) is 0 Å². The number of ether oxygens (including phenoxy) is 2. The van der Waals surface area contributed by atoms with Crippen LogP contribution in [-0.4, -0.2) is 50.8 Å². The maximum Gasteiger partial charge on any atom is 0.341 e. The van der Waals surface area contributed by atoms with Gasteiger partial charge in [0.2, 0.25) is 10.0 Å². The highest BCUT2D eigenvalue weighted by atomic mass is 32.2. The van der Waals surface area contributed by atoms with Crippen LogP contribution in [0.1, 0.15) is 41.5 Å². The van der Waals surface area contributed by atoms with Gasteiger partial charge in [-0.1, -0.05) is 13.8 Å². The van der Waals surface area contributed by atoms with Crippen molar-refractivity contribution in [3.8, 4) is 5.75 Å². The largest absolute Gasteiger partial charge is 0.494 e. The second-order valence-electron chi connectivity index (χ2n) is 6.19. The van der Waals surface area contributed by atoms with Gasteiger partial charge in [-0.25, -0.2) is 17.6 Å². The van der Waals surface area contributed by atoms with Crippen LogP contribution in [0.3, 0.4) is 0 Å². The van der Waals surface area contributed by atoms with Crippen LogP contribution in [0.5, 0.6) is 5.75 Å². The summed E-state index contributed by atoms with van der Waals surface area (Å²) in [5.74, 6) is -1.95. The fraction of sp³-hybridized carbons (Fsp3) is 0.333. The summed E-state index contributed by atoms with van der Waals surface area (Å²) >= 11 is 0. The minimum atomic E-state index is -3.88. The number of sulfonamides is 1. The molecule has 0 fully saturated rings. The first-order valence-corrected chi connectivity index (χ1v) is 10.9. The summed E-state index contributed by atoms with van der Waals surface area (Å²) in [6.07, 6.45) is 0. The standard InChI is InChI=1S/C21H24FNO6S/c1-4-23(5-2)30(26,27)17-11-12-19(22)18(13-17)21(25)29-14-20(24)15-7-9-16(10-8-15)28-6-3/h7-13H,4-6,14H2,1-3H3. The second kappa shape index (κ2) is 10.3. The highest BCUT2D eigenvalue weighted by Crippen LogP contribution is 2.20. The Morgan fingerprint density at radius 3 is 2.20 bits per heavy atom. The number of rotatable bonds is 10. The van der Waals surface area contributed by atoms with Crippen LogP contribution in [-0.2, 0) is 14.8 Å². The number of halogens is 1. The smallest absolute Gasteiger partial charge is 0.341 e. The number of esters is 1. The zero-order valence-corrected chi connectivity index (χ0v) is 17.9. The lowest BCUT2D eigenvalue weighted by molar-refractivity contribution is 0.0470. The van der Waals surface area contributed by atoms with Crippen molar-refractivity contribution in [1.82, 2.24) is 4.31 Å². The SMILES string of the molecule is CCOc1ccc(C(=O)COC(=O)c2cc(S(=O)(=O)N(CC)CC)ccc2F)cc1. The molecule has 2 aromatic carbocycles. The lowest BCUT2D eigenvalue weighted by Crippen LogP contribution is -2.30. The summed E-state index contributed by atoms with van der Waals surface area (Å²) in [5, 5.41) is 0. The molecule has 0 heterocycles. The first kappa shape index (κ1) is 23.5. The number of benzene rings is 2. The van der Waals surface area contributed by atoms with E-state index in [2.05, 4.69) is 0 Å². The zero-order valence-electron chi connectivity index (χ0n) is 17.1. The maximum absolute atomic E-state index is 14.1. The molecular weight excluding hydrogens is 413 g/mol. The van der Waals surface area contributed by atoms with Gasteiger partial charge < -0.3 is 9.47 Å². The predicted octanol–water partition coefficient (Wildman–Crippen LogP) is 3.29. The minimum Gasteiger partial charge on any atom is -0.494 e. The number of Topliss-reactive ketones (excluding diaryl/α,β-unsaturated/α-hetero) is 1. The van der Waals surface area contributed by atoms with Crippen molar-refractivity contribution >= 4 is 21.8 Å². The molecule has 162 valence electrons. The molecule has 0 N–H and O–H groups in total. The molecule has 0 atom stereocenters. The molecule has 0 saturated heterocycles. The fourth-order valence-electron chi connectivity index (χ4n) is 2.73. The highest BCUT2D eigenvalue weighted by Gasteiger charge is 2.25. The predicted molar refractivity (Wildman–Crippen MR) is 109 cm³/mol. The van der Waals surface area contributed by atoms with Crippen molar-refractivity contribution in [1.29, 1.82) is 0 Å². The van der Waals surface area contributed by atoms with E-state index >= 15 is 0 Å². The van der Waals surface area contributed by atoms with E-state index in [1.807, 2.05) is 6.92 Å². The molecule has 0 aliphatic heterocycles. The number of carbonyl (C=O) groups excluding carboxylic acids is 2. The number of ketones is 1. The summed E-state index contributed by atoms with van der Waals surface area (Å²) < 4.78 is 50.7. The number of nitrogens with zero attached hydrogens (tertiary/aromatic N) is 1. The van der Waals surface area contributed by atoms with E-state index < -0.39 is 39.8 Å². The van der Waals surface area contributed by atoms with E-state index in [0.29, 0.717) is 17.9 Å². The summed E-state index contributed by atoms with van der Waals surface area (Å²) in [6, 6.07) is 9.18. The number of hydrogen-bond acceptors (Lipinski definition) is 6. The third-order valence-electron chi connectivity index (χ3n) is 4.32. The molecule has 0 amide bonds. The summed E-state index contributed by atoms with van der Waals surface area (Å²) in [7, 11) is -3.88. The second-order valence-corrected chi connectivity index (χ2v) is 8.13. The zero-order chi connectivity index (χ0) is 22.3. The van der Waals surface area contributed by atoms with E-state index in [1.54, 1.807) is 26.0 Å². The van der Waals surface area contributed by atoms with Crippen LogP contribution in [0, 0.1) is 5.82 Å². The average Bonchev–Trinajstić information content (AvgIpc) is 2.73. The minimum absolute atomic E-state index is 0.225. The molecule has 30 heavy (non-hydrogen) atoms. The molecule has 2 rings (SSSR count). The van der Waals surface area contributed by atoms with Crippen LogP contribution >= 0.6 is 0 Å². The molecule has 7 nitrogen and oxygen atoms in total. The molecule has 0 saturated carbocycles. The highest BCUT2D eigenvalue weighted by molar-refractivity contribution is 7.89. The Morgan fingerprint density at radius 2 is 1.63 bits per heavy atom. The van der Waals surface area contributed by atoms with E-state index in [9.17, 15) is 22.4 Å². The van der Waals surface area contributed by atoms with Gasteiger partial charge >= 0.3 is 5.97 Å². The van der Waals surface area contributed by atoms with Crippen molar-refractivity contribution < 1.29 is 31.9 Å². The average molecular weight is 437 g/mol. The van der Waals surface area contributed by atoms with Gasteiger partial charge in [0.05, 0.1) is 17.1 Å². The first-order chi connectivity index (χ1) is 14.2. The summed E-state index contributed by atoms with van der Waals surface area (Å²) in [4.78, 5) is 24.3. The molecule has 2 aromatic rings. The van der Waals surface area contributed by atoms with Crippen LogP contribution in [0.25, 0.3) is 0 Å². The monoisotopic (exact) mass is 437 g/mol. The van der Waals surface area contributed by atoms with Crippen molar-refractivity contribution in [3.63, 3.8) is 0 Å². The normalized spacial score (nSPS) is 11.4. The van der Waals surface area contributed by atoms with E-state index in [-0.39, 0.29) is 18.0 Å². The Labute approximate surface area is 175 Å².